The molecule has 1 aliphatic carbocycles. The first kappa shape index (κ1) is 18.0. The minimum atomic E-state index is -0.348. The second kappa shape index (κ2) is 7.71. The van der Waals surface area contributed by atoms with Crippen molar-refractivity contribution in [2.75, 3.05) is 11.9 Å². The highest BCUT2D eigenvalue weighted by Gasteiger charge is 2.35. The Morgan fingerprint density at radius 2 is 2.18 bits per heavy atom. The zero-order chi connectivity index (χ0) is 19.5. The average molecular weight is 381 g/mol. The van der Waals surface area contributed by atoms with Gasteiger partial charge in [-0.25, -0.2) is 14.2 Å². The van der Waals surface area contributed by atoms with Crippen LogP contribution in [0.15, 0.2) is 48.9 Å². The van der Waals surface area contributed by atoms with Gasteiger partial charge in [0.1, 0.15) is 11.6 Å². The summed E-state index contributed by atoms with van der Waals surface area (Å²) in [4.78, 5) is 20.0. The summed E-state index contributed by atoms with van der Waals surface area (Å²) in [5, 5.41) is 14.5. The molecule has 4 rings (SSSR count). The summed E-state index contributed by atoms with van der Waals surface area (Å²) in [5.74, 6) is 0.438. The van der Waals surface area contributed by atoms with Crippen LogP contribution in [0.2, 0.25) is 0 Å². The number of amides is 2. The van der Waals surface area contributed by atoms with Gasteiger partial charge in [0.15, 0.2) is 6.33 Å². The first-order chi connectivity index (χ1) is 13.6. The van der Waals surface area contributed by atoms with Crippen molar-refractivity contribution < 1.29 is 9.18 Å². The fourth-order valence-corrected chi connectivity index (χ4v) is 3.11. The number of carbonyl (C=O) groups excluding carboxylic acids is 1. The third-order valence-electron chi connectivity index (χ3n) is 4.79. The maximum Gasteiger partial charge on any atom is 0.323 e. The minimum Gasteiger partial charge on any atom is -0.330 e. The van der Waals surface area contributed by atoms with E-state index < -0.39 is 0 Å². The number of anilines is 1. The highest BCUT2D eigenvalue weighted by molar-refractivity contribution is 5.90. The molecule has 0 aliphatic heterocycles. The van der Waals surface area contributed by atoms with E-state index in [1.807, 2.05) is 6.07 Å². The lowest BCUT2D eigenvalue weighted by Crippen LogP contribution is -2.40. The quantitative estimate of drug-likeness (QED) is 0.709. The summed E-state index contributed by atoms with van der Waals surface area (Å²) in [6.07, 6.45) is 4.94. The number of carbonyl (C=O) groups is 1. The van der Waals surface area contributed by atoms with Crippen LogP contribution in [-0.2, 0) is 6.54 Å². The number of hydrogen-bond acceptors (Lipinski definition) is 5. The summed E-state index contributed by atoms with van der Waals surface area (Å²) >= 11 is 0. The second-order valence-corrected chi connectivity index (χ2v) is 6.83. The molecule has 0 spiro atoms. The summed E-state index contributed by atoms with van der Waals surface area (Å²) < 4.78 is 14.2. The first-order valence-electron chi connectivity index (χ1n) is 9.06. The van der Waals surface area contributed by atoms with Gasteiger partial charge >= 0.3 is 6.03 Å². The van der Waals surface area contributed by atoms with E-state index in [0.29, 0.717) is 17.9 Å². The van der Waals surface area contributed by atoms with E-state index in [9.17, 15) is 9.18 Å². The number of hydrogen-bond donors (Lipinski definition) is 1. The van der Waals surface area contributed by atoms with Gasteiger partial charge in [-0.2, -0.15) is 4.80 Å². The third-order valence-corrected chi connectivity index (χ3v) is 4.79. The molecule has 144 valence electrons. The lowest BCUT2D eigenvalue weighted by molar-refractivity contribution is 0.242. The molecule has 1 atom stereocenters. The Labute approximate surface area is 161 Å². The predicted octanol–water partition coefficient (Wildman–Crippen LogP) is 2.55. The monoisotopic (exact) mass is 381 g/mol. The Hall–Kier alpha value is -3.36. The van der Waals surface area contributed by atoms with Crippen LogP contribution in [-0.4, -0.2) is 38.3 Å². The number of nitrogens with one attached hydrogen (secondary N) is 1. The Balaban J connectivity index is 1.49. The fraction of sp³-hybridized carbons (Fsp3) is 0.316. The number of tetrazole rings is 1. The van der Waals surface area contributed by atoms with E-state index in [-0.39, 0.29) is 23.8 Å². The number of nitrogens with zero attached hydrogens (tertiary/aromatic N) is 6. The maximum absolute atomic E-state index is 14.2. The van der Waals surface area contributed by atoms with Crippen LogP contribution >= 0.6 is 0 Å². The Morgan fingerprint density at radius 1 is 1.36 bits per heavy atom. The fourth-order valence-electron chi connectivity index (χ4n) is 3.11. The Bertz CT molecular complexity index is 958. The van der Waals surface area contributed by atoms with Gasteiger partial charge in [0.2, 0.25) is 0 Å². The summed E-state index contributed by atoms with van der Waals surface area (Å²) in [7, 11) is 1.64. The molecule has 1 aliphatic rings. The minimum absolute atomic E-state index is 0.256. The number of halogens is 1. The molecule has 9 heteroatoms. The predicted molar refractivity (Wildman–Crippen MR) is 100.0 cm³/mol. The molecule has 0 saturated heterocycles. The standard InChI is InChI=1S/C19H20FN7O/c1-26(17-10-13(8-9-21-17)11-27-23-12-22-25-27)19(28)24-18(14-6-7-14)15-4-2-3-5-16(15)20/h2-5,8-10,12,14,18H,6-7,11H2,1H3,(H,24,28)/t18-/m1/s1. The molecule has 0 unspecified atom stereocenters. The van der Waals surface area contributed by atoms with E-state index in [1.165, 1.54) is 22.1 Å². The van der Waals surface area contributed by atoms with E-state index in [4.69, 9.17) is 0 Å². The number of rotatable bonds is 6. The van der Waals surface area contributed by atoms with Crippen LogP contribution in [0.5, 0.6) is 0 Å². The summed E-state index contributed by atoms with van der Waals surface area (Å²) in [6.45, 7) is 0.422. The van der Waals surface area contributed by atoms with Crippen LogP contribution in [0.3, 0.4) is 0 Å². The van der Waals surface area contributed by atoms with Gasteiger partial charge < -0.3 is 5.32 Å². The van der Waals surface area contributed by atoms with Crippen molar-refractivity contribution in [1.82, 2.24) is 30.5 Å². The smallest absolute Gasteiger partial charge is 0.323 e. The van der Waals surface area contributed by atoms with E-state index in [1.54, 1.807) is 37.5 Å². The molecule has 1 aromatic carbocycles. The molecule has 28 heavy (non-hydrogen) atoms. The van der Waals surface area contributed by atoms with Gasteiger partial charge in [0.05, 0.1) is 12.6 Å². The third kappa shape index (κ3) is 3.98. The van der Waals surface area contributed by atoms with E-state index in [2.05, 4.69) is 25.7 Å². The Kier molecular flexibility index (Phi) is 4.96. The molecule has 0 bridgehead atoms. The van der Waals surface area contributed by atoms with Crippen molar-refractivity contribution in [3.63, 3.8) is 0 Å². The lowest BCUT2D eigenvalue weighted by Gasteiger charge is -2.24. The molecular weight excluding hydrogens is 361 g/mol. The van der Waals surface area contributed by atoms with Gasteiger partial charge in [-0.1, -0.05) is 18.2 Å². The molecule has 1 fully saturated rings. The lowest BCUT2D eigenvalue weighted by atomic mass is 10.0. The van der Waals surface area contributed by atoms with Crippen molar-refractivity contribution in [3.8, 4) is 0 Å². The second-order valence-electron chi connectivity index (χ2n) is 6.83. The molecule has 1 saturated carbocycles. The molecular formula is C19H20FN7O. The highest BCUT2D eigenvalue weighted by Crippen LogP contribution is 2.41. The van der Waals surface area contributed by atoms with Crippen molar-refractivity contribution in [1.29, 1.82) is 0 Å². The van der Waals surface area contributed by atoms with Crippen molar-refractivity contribution in [2.45, 2.75) is 25.4 Å². The molecule has 8 nitrogen and oxygen atoms in total. The van der Waals surface area contributed by atoms with Gasteiger partial charge in [0.25, 0.3) is 0 Å². The average Bonchev–Trinajstić information content (AvgIpc) is 3.43. The van der Waals surface area contributed by atoms with Crippen LogP contribution in [0.4, 0.5) is 15.0 Å². The number of aromatic nitrogens is 5. The van der Waals surface area contributed by atoms with E-state index in [0.717, 1.165) is 18.4 Å². The maximum atomic E-state index is 14.2. The zero-order valence-corrected chi connectivity index (χ0v) is 15.4. The highest BCUT2D eigenvalue weighted by atomic mass is 19.1. The van der Waals surface area contributed by atoms with Crippen molar-refractivity contribution in [2.24, 2.45) is 5.92 Å². The van der Waals surface area contributed by atoms with E-state index >= 15 is 0 Å². The van der Waals surface area contributed by atoms with Gasteiger partial charge in [0, 0.05) is 18.8 Å². The summed E-state index contributed by atoms with van der Waals surface area (Å²) in [6, 6.07) is 9.51. The van der Waals surface area contributed by atoms with Crippen LogP contribution in [0.1, 0.15) is 30.0 Å². The van der Waals surface area contributed by atoms with Gasteiger partial charge in [-0.3, -0.25) is 4.90 Å². The van der Waals surface area contributed by atoms with Gasteiger partial charge in [-0.05, 0) is 47.7 Å². The number of urea groups is 1. The normalized spacial score (nSPS) is 14.5. The van der Waals surface area contributed by atoms with Crippen molar-refractivity contribution in [3.05, 3.63) is 65.9 Å². The molecule has 2 heterocycles. The van der Waals surface area contributed by atoms with Crippen LogP contribution in [0.25, 0.3) is 0 Å². The van der Waals surface area contributed by atoms with Crippen LogP contribution < -0.4 is 10.2 Å². The number of benzene rings is 1. The van der Waals surface area contributed by atoms with Gasteiger partial charge in [-0.15, -0.1) is 10.2 Å². The number of pyridine rings is 1. The molecule has 2 aromatic heterocycles. The Morgan fingerprint density at radius 3 is 2.89 bits per heavy atom. The topological polar surface area (TPSA) is 88.8 Å². The SMILES string of the molecule is CN(C(=O)N[C@@H](c1ccccc1F)C1CC1)c1cc(Cn2ncnn2)ccn1. The zero-order valence-electron chi connectivity index (χ0n) is 15.4. The molecule has 3 aromatic rings. The van der Waals surface area contributed by atoms with Crippen LogP contribution in [0, 0.1) is 11.7 Å². The first-order valence-corrected chi connectivity index (χ1v) is 9.06. The summed E-state index contributed by atoms with van der Waals surface area (Å²) in [5.41, 5.74) is 1.40. The molecule has 2 amide bonds. The van der Waals surface area contributed by atoms with Crippen molar-refractivity contribution >= 4 is 11.8 Å². The molecule has 1 N–H and O–H groups in total. The molecule has 0 radical (unpaired) electrons. The largest absolute Gasteiger partial charge is 0.330 e.